The molecule has 3 heteroatoms. The molecule has 0 atom stereocenters. The Labute approximate surface area is 83.9 Å². The molecule has 0 saturated heterocycles. The van der Waals surface area contributed by atoms with E-state index in [1.54, 1.807) is 18.2 Å². The second-order valence-electron chi connectivity index (χ2n) is 2.93. The number of aromatic hydroxyl groups is 1. The molecule has 0 aliphatic heterocycles. The Balaban J connectivity index is 2.73. The van der Waals surface area contributed by atoms with Crippen LogP contribution in [0.5, 0.6) is 5.75 Å². The smallest absolute Gasteiger partial charge is 0.131 e. The molecule has 74 valence electrons. The summed E-state index contributed by atoms with van der Waals surface area (Å²) in [7, 11) is 1.87. The van der Waals surface area contributed by atoms with E-state index in [1.807, 2.05) is 7.05 Å². The number of nitrogens with one attached hydrogen (secondary N) is 1. The van der Waals surface area contributed by atoms with Gasteiger partial charge in [-0.2, -0.15) is 0 Å². The van der Waals surface area contributed by atoms with Gasteiger partial charge in [0.25, 0.3) is 0 Å². The highest BCUT2D eigenvalue weighted by Crippen LogP contribution is 2.18. The molecule has 4 N–H and O–H groups in total. The van der Waals surface area contributed by atoms with Crippen LogP contribution in [0.3, 0.4) is 0 Å². The zero-order valence-electron chi connectivity index (χ0n) is 8.17. The van der Waals surface area contributed by atoms with Gasteiger partial charge >= 0.3 is 0 Å². The van der Waals surface area contributed by atoms with Crippen molar-refractivity contribution in [2.75, 3.05) is 19.3 Å². The summed E-state index contributed by atoms with van der Waals surface area (Å²) in [6, 6.07) is 4.87. The average molecular weight is 190 g/mol. The van der Waals surface area contributed by atoms with Gasteiger partial charge in [-0.15, -0.1) is 0 Å². The fourth-order valence-electron chi connectivity index (χ4n) is 0.999. The molecule has 3 nitrogen and oxygen atoms in total. The van der Waals surface area contributed by atoms with Crippen LogP contribution >= 0.6 is 0 Å². The van der Waals surface area contributed by atoms with Gasteiger partial charge in [-0.25, -0.2) is 0 Å². The van der Waals surface area contributed by atoms with Crippen LogP contribution in [0.1, 0.15) is 12.0 Å². The van der Waals surface area contributed by atoms with Crippen molar-refractivity contribution in [1.29, 1.82) is 0 Å². The van der Waals surface area contributed by atoms with Crippen molar-refractivity contribution in [3.8, 4) is 17.6 Å². The molecule has 0 saturated carbocycles. The van der Waals surface area contributed by atoms with Crippen molar-refractivity contribution in [2.45, 2.75) is 6.42 Å². The largest absolute Gasteiger partial charge is 0.507 e. The Morgan fingerprint density at radius 2 is 2.29 bits per heavy atom. The maximum absolute atomic E-state index is 9.42. The number of nitrogen functional groups attached to an aromatic ring is 1. The first-order valence-corrected chi connectivity index (χ1v) is 4.46. The van der Waals surface area contributed by atoms with E-state index in [-0.39, 0.29) is 5.75 Å². The number of benzene rings is 1. The molecule has 0 aliphatic rings. The first-order valence-electron chi connectivity index (χ1n) is 4.46. The van der Waals surface area contributed by atoms with Gasteiger partial charge in [0.05, 0.1) is 5.56 Å². The molecule has 1 rings (SSSR count). The Morgan fingerprint density at radius 1 is 1.50 bits per heavy atom. The third-order valence-corrected chi connectivity index (χ3v) is 1.74. The number of rotatable bonds is 2. The molecule has 0 spiro atoms. The SMILES string of the molecule is CNCCC#Cc1cc(N)ccc1O. The van der Waals surface area contributed by atoms with E-state index in [2.05, 4.69) is 17.2 Å². The maximum Gasteiger partial charge on any atom is 0.131 e. The van der Waals surface area contributed by atoms with Gasteiger partial charge < -0.3 is 16.2 Å². The molecule has 0 amide bonds. The molecule has 0 unspecified atom stereocenters. The van der Waals surface area contributed by atoms with Crippen molar-refractivity contribution in [2.24, 2.45) is 0 Å². The van der Waals surface area contributed by atoms with Crippen molar-refractivity contribution in [3.05, 3.63) is 23.8 Å². The highest BCUT2D eigenvalue weighted by Gasteiger charge is 1.96. The first kappa shape index (κ1) is 10.4. The summed E-state index contributed by atoms with van der Waals surface area (Å²) in [6.07, 6.45) is 0.755. The molecule has 0 heterocycles. The van der Waals surface area contributed by atoms with Crippen LogP contribution in [-0.4, -0.2) is 18.7 Å². The predicted molar refractivity (Wildman–Crippen MR) is 57.9 cm³/mol. The second kappa shape index (κ2) is 5.15. The van der Waals surface area contributed by atoms with Crippen molar-refractivity contribution in [3.63, 3.8) is 0 Å². The number of hydrogen-bond acceptors (Lipinski definition) is 3. The lowest BCUT2D eigenvalue weighted by Gasteiger charge is -1.97. The average Bonchev–Trinajstić information content (AvgIpc) is 2.18. The fourth-order valence-corrected chi connectivity index (χ4v) is 0.999. The Hall–Kier alpha value is -1.66. The van der Waals surface area contributed by atoms with Gasteiger partial charge in [0.1, 0.15) is 5.75 Å². The number of phenols is 1. The van der Waals surface area contributed by atoms with Crippen LogP contribution in [0.2, 0.25) is 0 Å². The second-order valence-corrected chi connectivity index (χ2v) is 2.93. The first-order chi connectivity index (χ1) is 6.74. The number of nitrogens with two attached hydrogens (primary N) is 1. The third-order valence-electron chi connectivity index (χ3n) is 1.74. The Kier molecular flexibility index (Phi) is 3.84. The minimum absolute atomic E-state index is 0.177. The van der Waals surface area contributed by atoms with E-state index in [1.165, 1.54) is 0 Å². The third kappa shape index (κ3) is 3.00. The summed E-state index contributed by atoms with van der Waals surface area (Å²) in [4.78, 5) is 0. The van der Waals surface area contributed by atoms with E-state index in [0.717, 1.165) is 13.0 Å². The van der Waals surface area contributed by atoms with E-state index in [9.17, 15) is 5.11 Å². The normalized spacial score (nSPS) is 9.21. The molecule has 1 aromatic rings. The highest BCUT2D eigenvalue weighted by molar-refractivity contribution is 5.54. The van der Waals surface area contributed by atoms with Gasteiger partial charge in [-0.05, 0) is 25.2 Å². The lowest BCUT2D eigenvalue weighted by molar-refractivity contribution is 0.474. The summed E-state index contributed by atoms with van der Waals surface area (Å²) in [5, 5.41) is 12.4. The molecular formula is C11H14N2O. The number of phenolic OH excluding ortho intramolecular Hbond substituents is 1. The quantitative estimate of drug-likeness (QED) is 0.281. The number of anilines is 1. The summed E-state index contributed by atoms with van der Waals surface area (Å²) in [5.74, 6) is 5.99. The van der Waals surface area contributed by atoms with Crippen LogP contribution in [0, 0.1) is 11.8 Å². The monoisotopic (exact) mass is 190 g/mol. The maximum atomic E-state index is 9.42. The van der Waals surface area contributed by atoms with Crippen molar-refractivity contribution >= 4 is 5.69 Å². The summed E-state index contributed by atoms with van der Waals surface area (Å²) < 4.78 is 0. The van der Waals surface area contributed by atoms with Crippen LogP contribution in [0.15, 0.2) is 18.2 Å². The number of hydrogen-bond donors (Lipinski definition) is 3. The standard InChI is InChI=1S/C11H14N2O/c1-13-7-3-2-4-9-8-10(12)5-6-11(9)14/h5-6,8,13-14H,3,7,12H2,1H3. The van der Waals surface area contributed by atoms with Gasteiger partial charge in [-0.3, -0.25) is 0 Å². The molecule has 0 radical (unpaired) electrons. The van der Waals surface area contributed by atoms with Gasteiger partial charge in [-0.1, -0.05) is 11.8 Å². The minimum Gasteiger partial charge on any atom is -0.507 e. The van der Waals surface area contributed by atoms with Crippen LogP contribution < -0.4 is 11.1 Å². The zero-order valence-corrected chi connectivity index (χ0v) is 8.17. The Morgan fingerprint density at radius 3 is 3.00 bits per heavy atom. The molecule has 0 aromatic heterocycles. The lowest BCUT2D eigenvalue weighted by Crippen LogP contribution is -2.05. The highest BCUT2D eigenvalue weighted by atomic mass is 16.3. The van der Waals surface area contributed by atoms with Gasteiger partial charge in [0.2, 0.25) is 0 Å². The van der Waals surface area contributed by atoms with E-state index in [4.69, 9.17) is 5.73 Å². The van der Waals surface area contributed by atoms with Crippen molar-refractivity contribution < 1.29 is 5.11 Å². The van der Waals surface area contributed by atoms with Crippen LogP contribution in [-0.2, 0) is 0 Å². The summed E-state index contributed by atoms with van der Waals surface area (Å²) in [6.45, 7) is 0.843. The molecule has 0 bridgehead atoms. The van der Waals surface area contributed by atoms with E-state index < -0.39 is 0 Å². The topological polar surface area (TPSA) is 58.3 Å². The van der Waals surface area contributed by atoms with Gasteiger partial charge in [0, 0.05) is 18.7 Å². The van der Waals surface area contributed by atoms with E-state index in [0.29, 0.717) is 11.3 Å². The minimum atomic E-state index is 0.177. The molecule has 1 aromatic carbocycles. The zero-order chi connectivity index (χ0) is 10.4. The molecule has 0 fully saturated rings. The summed E-state index contributed by atoms with van der Waals surface area (Å²) in [5.41, 5.74) is 6.76. The molecule has 0 aliphatic carbocycles. The van der Waals surface area contributed by atoms with E-state index >= 15 is 0 Å². The fraction of sp³-hybridized carbons (Fsp3) is 0.273. The molecule has 14 heavy (non-hydrogen) atoms. The summed E-state index contributed by atoms with van der Waals surface area (Å²) >= 11 is 0. The van der Waals surface area contributed by atoms with Crippen LogP contribution in [0.25, 0.3) is 0 Å². The van der Waals surface area contributed by atoms with Crippen molar-refractivity contribution in [1.82, 2.24) is 5.32 Å². The predicted octanol–water partition coefficient (Wildman–Crippen LogP) is 0.935. The van der Waals surface area contributed by atoms with Crippen LogP contribution in [0.4, 0.5) is 5.69 Å². The molecular weight excluding hydrogens is 176 g/mol. The lowest BCUT2D eigenvalue weighted by atomic mass is 10.2. The van der Waals surface area contributed by atoms with Gasteiger partial charge in [0.15, 0.2) is 0 Å². The Bertz CT molecular complexity index is 363.